The summed E-state index contributed by atoms with van der Waals surface area (Å²) in [6.07, 6.45) is -1.55. The third kappa shape index (κ3) is 8.08. The highest BCUT2D eigenvalue weighted by Crippen LogP contribution is 2.26. The van der Waals surface area contributed by atoms with E-state index >= 15 is 0 Å². The first-order chi connectivity index (χ1) is 17.0. The van der Waals surface area contributed by atoms with Gasteiger partial charge in [0.15, 0.2) is 0 Å². The van der Waals surface area contributed by atoms with Gasteiger partial charge in [-0.05, 0) is 81.4 Å². The highest BCUT2D eigenvalue weighted by atomic mass is 19.1. The van der Waals surface area contributed by atoms with Crippen molar-refractivity contribution in [3.05, 3.63) is 72.5 Å². The Morgan fingerprint density at radius 3 is 2.17 bits per heavy atom. The van der Waals surface area contributed by atoms with Gasteiger partial charge < -0.3 is 25.2 Å². The number of rotatable bonds is 8. The van der Waals surface area contributed by atoms with Gasteiger partial charge in [-0.3, -0.25) is 9.59 Å². The van der Waals surface area contributed by atoms with Crippen molar-refractivity contribution in [1.29, 1.82) is 0 Å². The van der Waals surface area contributed by atoms with E-state index in [2.05, 4.69) is 15.6 Å². The largest absolute Gasteiger partial charge is 0.481 e. The van der Waals surface area contributed by atoms with Crippen LogP contribution in [0.1, 0.15) is 27.2 Å². The van der Waals surface area contributed by atoms with E-state index < -0.39 is 36.0 Å². The number of anilines is 1. The molecule has 1 unspecified atom stereocenters. The molecule has 0 aliphatic carbocycles. The van der Waals surface area contributed by atoms with E-state index in [0.29, 0.717) is 17.2 Å². The van der Waals surface area contributed by atoms with Gasteiger partial charge in [0.1, 0.15) is 34.8 Å². The van der Waals surface area contributed by atoms with Crippen LogP contribution < -0.4 is 15.4 Å². The van der Waals surface area contributed by atoms with Gasteiger partial charge in [-0.1, -0.05) is 6.07 Å². The molecule has 3 aromatic rings. The van der Waals surface area contributed by atoms with Crippen molar-refractivity contribution in [2.75, 3.05) is 5.32 Å². The summed E-state index contributed by atoms with van der Waals surface area (Å²) in [4.78, 5) is 40.4. The molecule has 0 spiro atoms. The number of nitrogens with zero attached hydrogens (tertiary/aromatic N) is 1. The minimum Gasteiger partial charge on any atom is -0.481 e. The lowest BCUT2D eigenvalue weighted by Gasteiger charge is -2.22. The van der Waals surface area contributed by atoms with Crippen molar-refractivity contribution in [2.24, 2.45) is 0 Å². The van der Waals surface area contributed by atoms with Crippen LogP contribution in [0, 0.1) is 5.82 Å². The zero-order valence-corrected chi connectivity index (χ0v) is 19.9. The van der Waals surface area contributed by atoms with Gasteiger partial charge in [0, 0.05) is 5.56 Å². The maximum absolute atomic E-state index is 13.1. The number of ether oxygens (including phenoxy) is 2. The lowest BCUT2D eigenvalue weighted by Crippen LogP contribution is -2.47. The first-order valence-electron chi connectivity index (χ1n) is 11.0. The summed E-state index contributed by atoms with van der Waals surface area (Å²) in [5.74, 6) is -1.18. The Labute approximate surface area is 207 Å². The number of benzene rings is 2. The second-order valence-corrected chi connectivity index (χ2v) is 8.77. The van der Waals surface area contributed by atoms with E-state index in [1.165, 1.54) is 24.3 Å². The Morgan fingerprint density at radius 2 is 1.58 bits per heavy atom. The summed E-state index contributed by atoms with van der Waals surface area (Å²) in [5, 5.41) is 14.0. The van der Waals surface area contributed by atoms with Crippen molar-refractivity contribution in [3.8, 4) is 22.8 Å². The summed E-state index contributed by atoms with van der Waals surface area (Å²) in [5.41, 5.74) is 0.451. The van der Waals surface area contributed by atoms with Gasteiger partial charge in [-0.15, -0.1) is 0 Å². The highest BCUT2D eigenvalue weighted by molar-refractivity contribution is 5.98. The van der Waals surface area contributed by atoms with E-state index in [9.17, 15) is 18.8 Å². The average Bonchev–Trinajstić information content (AvgIpc) is 2.79. The molecule has 9 nitrogen and oxygen atoms in total. The molecule has 0 aliphatic rings. The number of pyridine rings is 1. The van der Waals surface area contributed by atoms with Crippen LogP contribution in [0.25, 0.3) is 11.3 Å². The molecular formula is C26H26FN3O6. The molecule has 0 saturated heterocycles. The second-order valence-electron chi connectivity index (χ2n) is 8.77. The van der Waals surface area contributed by atoms with Crippen LogP contribution in [0.2, 0.25) is 0 Å². The van der Waals surface area contributed by atoms with Gasteiger partial charge in [-0.25, -0.2) is 14.2 Å². The number of aliphatic carboxylic acids is 1. The smallest absolute Gasteiger partial charge is 0.408 e. The van der Waals surface area contributed by atoms with Gasteiger partial charge in [0.2, 0.25) is 5.91 Å². The molecule has 1 heterocycles. The van der Waals surface area contributed by atoms with Gasteiger partial charge in [-0.2, -0.15) is 0 Å². The number of nitrogens with one attached hydrogen (secondary N) is 2. The molecule has 10 heteroatoms. The zero-order chi connectivity index (χ0) is 26.3. The fourth-order valence-electron chi connectivity index (χ4n) is 3.04. The summed E-state index contributed by atoms with van der Waals surface area (Å²) < 4.78 is 23.9. The average molecular weight is 496 g/mol. The molecule has 0 aliphatic heterocycles. The molecule has 3 rings (SSSR count). The van der Waals surface area contributed by atoms with Crippen LogP contribution in [0.5, 0.6) is 11.5 Å². The van der Waals surface area contributed by atoms with E-state index in [4.69, 9.17) is 14.6 Å². The molecular weight excluding hydrogens is 469 g/mol. The van der Waals surface area contributed by atoms with Crippen LogP contribution in [0.15, 0.2) is 66.7 Å². The van der Waals surface area contributed by atoms with Gasteiger partial charge >= 0.3 is 12.1 Å². The minimum absolute atomic E-state index is 0.172. The number of carboxylic acid groups (broad SMARTS) is 1. The zero-order valence-electron chi connectivity index (χ0n) is 19.9. The number of carbonyl (C=O) groups excluding carboxylic acids is 2. The Kier molecular flexibility index (Phi) is 8.21. The summed E-state index contributed by atoms with van der Waals surface area (Å²) in [7, 11) is 0. The highest BCUT2D eigenvalue weighted by Gasteiger charge is 2.27. The lowest BCUT2D eigenvalue weighted by atomic mass is 10.1. The lowest BCUT2D eigenvalue weighted by molar-refractivity contribution is -0.139. The van der Waals surface area contributed by atoms with Crippen molar-refractivity contribution in [1.82, 2.24) is 10.3 Å². The Morgan fingerprint density at radius 1 is 0.972 bits per heavy atom. The van der Waals surface area contributed by atoms with E-state index in [1.807, 2.05) is 0 Å². The number of hydrogen-bond donors (Lipinski definition) is 3. The summed E-state index contributed by atoms with van der Waals surface area (Å²) in [6, 6.07) is 16.2. The fourth-order valence-corrected chi connectivity index (χ4v) is 3.04. The molecule has 1 aromatic heterocycles. The Hall–Kier alpha value is -4.47. The van der Waals surface area contributed by atoms with Crippen LogP contribution in [-0.2, 0) is 14.3 Å². The van der Waals surface area contributed by atoms with Gasteiger partial charge in [0.25, 0.3) is 0 Å². The van der Waals surface area contributed by atoms with Gasteiger partial charge in [0.05, 0.1) is 12.1 Å². The van der Waals surface area contributed by atoms with Crippen molar-refractivity contribution < 1.29 is 33.4 Å². The predicted octanol–water partition coefficient (Wildman–Crippen LogP) is 4.99. The fraction of sp³-hybridized carbons (Fsp3) is 0.231. The van der Waals surface area contributed by atoms with Crippen LogP contribution >= 0.6 is 0 Å². The molecule has 36 heavy (non-hydrogen) atoms. The van der Waals surface area contributed by atoms with E-state index in [1.54, 1.807) is 63.2 Å². The van der Waals surface area contributed by atoms with Crippen molar-refractivity contribution in [3.63, 3.8) is 0 Å². The third-order valence-corrected chi connectivity index (χ3v) is 4.59. The number of carboxylic acids is 1. The molecule has 0 saturated carbocycles. The number of amides is 2. The van der Waals surface area contributed by atoms with Crippen LogP contribution in [0.4, 0.5) is 15.0 Å². The molecule has 2 amide bonds. The minimum atomic E-state index is -1.37. The molecule has 0 bridgehead atoms. The molecule has 0 fully saturated rings. The number of alkyl carbamates (subject to hydrolysis) is 1. The molecule has 2 aromatic carbocycles. The normalized spacial score (nSPS) is 11.8. The van der Waals surface area contributed by atoms with Crippen molar-refractivity contribution >= 4 is 23.8 Å². The predicted molar refractivity (Wildman–Crippen MR) is 130 cm³/mol. The summed E-state index contributed by atoms with van der Waals surface area (Å²) >= 11 is 0. The topological polar surface area (TPSA) is 127 Å². The number of aromatic nitrogens is 1. The quantitative estimate of drug-likeness (QED) is 0.402. The summed E-state index contributed by atoms with van der Waals surface area (Å²) in [6.45, 7) is 4.95. The van der Waals surface area contributed by atoms with Crippen LogP contribution in [0.3, 0.4) is 0 Å². The standard InChI is InChI=1S/C26H26FN3O6/c1-26(2,3)36-25(34)29-21(15-23(31)32)24(33)30-22-6-4-5-20(28-22)16-7-11-18(12-8-16)35-19-13-9-17(27)10-14-19/h4-14,21H,15H2,1-3H3,(H,29,34)(H,31,32)(H,28,30,33). The maximum atomic E-state index is 13.1. The SMILES string of the molecule is CC(C)(C)OC(=O)NC(CC(=O)O)C(=O)Nc1cccc(-c2ccc(Oc3ccc(F)cc3)cc2)n1. The van der Waals surface area contributed by atoms with Crippen LogP contribution in [-0.4, -0.2) is 39.7 Å². The third-order valence-electron chi connectivity index (χ3n) is 4.59. The molecule has 3 N–H and O–H groups in total. The Bertz CT molecular complexity index is 1220. The Balaban J connectivity index is 1.69. The molecule has 0 radical (unpaired) electrons. The molecule has 188 valence electrons. The number of halogens is 1. The second kappa shape index (κ2) is 11.3. The van der Waals surface area contributed by atoms with Crippen molar-refractivity contribution in [2.45, 2.75) is 38.8 Å². The first kappa shape index (κ1) is 26.1. The monoisotopic (exact) mass is 495 g/mol. The number of hydrogen-bond acceptors (Lipinski definition) is 6. The first-order valence-corrected chi connectivity index (χ1v) is 11.0. The van der Waals surface area contributed by atoms with E-state index in [0.717, 1.165) is 5.56 Å². The molecule has 1 atom stereocenters. The number of carbonyl (C=O) groups is 3. The maximum Gasteiger partial charge on any atom is 0.408 e. The van der Waals surface area contributed by atoms with E-state index in [-0.39, 0.29) is 11.6 Å².